The highest BCUT2D eigenvalue weighted by Crippen LogP contribution is 2.26. The van der Waals surface area contributed by atoms with E-state index < -0.39 is 30.0 Å². The monoisotopic (exact) mass is 425 g/mol. The van der Waals surface area contributed by atoms with Gasteiger partial charge in [-0.05, 0) is 18.2 Å². The molecule has 0 saturated heterocycles. The molecule has 0 aliphatic heterocycles. The van der Waals surface area contributed by atoms with Gasteiger partial charge in [0, 0.05) is 24.4 Å². The Bertz CT molecular complexity index is 924. The molecule has 0 radical (unpaired) electrons. The molecule has 0 heterocycles. The summed E-state index contributed by atoms with van der Waals surface area (Å²) < 4.78 is 34.0. The van der Waals surface area contributed by atoms with Crippen molar-refractivity contribution in [3.05, 3.63) is 58.1 Å². The molecule has 0 atom stereocenters. The third-order valence-electron chi connectivity index (χ3n) is 3.57. The summed E-state index contributed by atoms with van der Waals surface area (Å²) in [5.74, 6) is -2.16. The van der Waals surface area contributed by atoms with Gasteiger partial charge in [-0.1, -0.05) is 12.1 Å². The first-order valence-corrected chi connectivity index (χ1v) is 8.45. The number of alkyl halides is 2. The number of ether oxygens (including phenoxy) is 2. The number of anilines is 2. The summed E-state index contributed by atoms with van der Waals surface area (Å²) >= 11 is 0. The third-order valence-corrected chi connectivity index (χ3v) is 3.57. The van der Waals surface area contributed by atoms with E-state index in [4.69, 9.17) is 9.84 Å². The highest BCUT2D eigenvalue weighted by molar-refractivity contribution is 5.99. The average molecular weight is 425 g/mol. The Hall–Kier alpha value is -3.80. The van der Waals surface area contributed by atoms with Crippen LogP contribution in [0.5, 0.6) is 5.75 Å². The van der Waals surface area contributed by atoms with Crippen molar-refractivity contribution in [1.29, 1.82) is 0 Å². The van der Waals surface area contributed by atoms with Crippen molar-refractivity contribution < 1.29 is 37.9 Å². The lowest BCUT2D eigenvalue weighted by atomic mass is 10.1. The maximum atomic E-state index is 12.4. The van der Waals surface area contributed by atoms with Gasteiger partial charge in [0.2, 0.25) is 0 Å². The summed E-state index contributed by atoms with van der Waals surface area (Å²) in [6.45, 7) is -4.07. The summed E-state index contributed by atoms with van der Waals surface area (Å²) in [4.78, 5) is 34.6. The predicted molar refractivity (Wildman–Crippen MR) is 101 cm³/mol. The maximum Gasteiger partial charge on any atom is 0.387 e. The van der Waals surface area contributed by atoms with Crippen molar-refractivity contribution in [1.82, 2.24) is 0 Å². The zero-order valence-corrected chi connectivity index (χ0v) is 15.3. The van der Waals surface area contributed by atoms with Gasteiger partial charge in [0.1, 0.15) is 5.75 Å². The van der Waals surface area contributed by atoms with Crippen LogP contribution in [0, 0.1) is 10.1 Å². The number of nitrogens with one attached hydrogen (secondary N) is 2. The lowest BCUT2D eigenvalue weighted by Gasteiger charge is -2.13. The van der Waals surface area contributed by atoms with Crippen molar-refractivity contribution in [3.63, 3.8) is 0 Å². The van der Waals surface area contributed by atoms with E-state index in [1.807, 2.05) is 0 Å². The molecule has 0 spiro atoms. The SMILES string of the molecule is O=C(COC(=O)c1cc([N+](=O)[O-])ccc1NCCO)Nc1ccccc1OC(F)F. The van der Waals surface area contributed by atoms with Crippen molar-refractivity contribution in [2.45, 2.75) is 6.61 Å². The highest BCUT2D eigenvalue weighted by Gasteiger charge is 2.19. The molecular formula is C18H17F2N3O7. The molecule has 160 valence electrons. The van der Waals surface area contributed by atoms with Crippen LogP contribution >= 0.6 is 0 Å². The number of carbonyl (C=O) groups excluding carboxylic acids is 2. The summed E-state index contributed by atoms with van der Waals surface area (Å²) in [7, 11) is 0. The van der Waals surface area contributed by atoms with Crippen LogP contribution in [0.25, 0.3) is 0 Å². The van der Waals surface area contributed by atoms with Crippen molar-refractivity contribution >= 4 is 28.9 Å². The number of aliphatic hydroxyl groups is 1. The van der Waals surface area contributed by atoms with Crippen molar-refractivity contribution in [2.75, 3.05) is 30.4 Å². The fourth-order valence-corrected chi connectivity index (χ4v) is 2.32. The van der Waals surface area contributed by atoms with E-state index in [9.17, 15) is 28.5 Å². The fraction of sp³-hybridized carbons (Fsp3) is 0.222. The van der Waals surface area contributed by atoms with Gasteiger partial charge in [0.15, 0.2) is 6.61 Å². The molecule has 0 bridgehead atoms. The van der Waals surface area contributed by atoms with Crippen LogP contribution in [0.15, 0.2) is 42.5 Å². The first-order valence-electron chi connectivity index (χ1n) is 8.45. The Morgan fingerprint density at radius 3 is 2.57 bits per heavy atom. The van der Waals surface area contributed by atoms with Gasteiger partial charge in [-0.25, -0.2) is 4.79 Å². The van der Waals surface area contributed by atoms with Gasteiger partial charge < -0.3 is 25.2 Å². The zero-order valence-electron chi connectivity index (χ0n) is 15.3. The number of aliphatic hydroxyl groups excluding tert-OH is 1. The molecule has 0 aliphatic carbocycles. The Morgan fingerprint density at radius 2 is 1.90 bits per heavy atom. The van der Waals surface area contributed by atoms with Crippen LogP contribution in [0.1, 0.15) is 10.4 Å². The molecule has 0 saturated carbocycles. The molecule has 10 nitrogen and oxygen atoms in total. The molecule has 2 rings (SSSR count). The predicted octanol–water partition coefficient (Wildman–Crippen LogP) is 2.40. The number of rotatable bonds is 10. The molecule has 3 N–H and O–H groups in total. The highest BCUT2D eigenvalue weighted by atomic mass is 19.3. The van der Waals surface area contributed by atoms with Gasteiger partial charge in [0.25, 0.3) is 11.6 Å². The minimum absolute atomic E-state index is 0.0560. The third kappa shape index (κ3) is 6.38. The van der Waals surface area contributed by atoms with Crippen LogP contribution < -0.4 is 15.4 Å². The Labute approximate surface area is 168 Å². The number of halogens is 2. The maximum absolute atomic E-state index is 12.4. The second-order valence-electron chi connectivity index (χ2n) is 5.64. The second kappa shape index (κ2) is 10.7. The number of nitrogens with zero attached hydrogens (tertiary/aromatic N) is 1. The number of hydrogen-bond donors (Lipinski definition) is 3. The average Bonchev–Trinajstić information content (AvgIpc) is 2.71. The van der Waals surface area contributed by atoms with Gasteiger partial charge >= 0.3 is 12.6 Å². The van der Waals surface area contributed by atoms with E-state index in [0.717, 1.165) is 12.1 Å². The largest absolute Gasteiger partial charge is 0.452 e. The van der Waals surface area contributed by atoms with Crippen molar-refractivity contribution in [3.8, 4) is 5.75 Å². The summed E-state index contributed by atoms with van der Waals surface area (Å²) in [5, 5.41) is 24.8. The van der Waals surface area contributed by atoms with Crippen LogP contribution in [-0.2, 0) is 9.53 Å². The standard InChI is InChI=1S/C18H17F2N3O7/c19-18(20)30-15-4-2-1-3-14(15)22-16(25)10-29-17(26)12-9-11(23(27)28)5-6-13(12)21-7-8-24/h1-6,9,18,21,24H,7-8,10H2,(H,22,25). The number of esters is 1. The molecule has 2 aromatic rings. The van der Waals surface area contributed by atoms with Crippen LogP contribution in [0.3, 0.4) is 0 Å². The molecule has 12 heteroatoms. The number of nitro benzene ring substituents is 1. The number of hydrogen-bond acceptors (Lipinski definition) is 8. The molecule has 30 heavy (non-hydrogen) atoms. The molecule has 0 fully saturated rings. The summed E-state index contributed by atoms with van der Waals surface area (Å²) in [6, 6.07) is 8.82. The minimum atomic E-state index is -3.10. The summed E-state index contributed by atoms with van der Waals surface area (Å²) in [5.41, 5.74) is -0.485. The number of carbonyl (C=O) groups is 2. The van der Waals surface area contributed by atoms with Crippen LogP contribution in [-0.4, -0.2) is 48.3 Å². The van der Waals surface area contributed by atoms with E-state index in [-0.39, 0.29) is 41.5 Å². The van der Waals surface area contributed by atoms with E-state index in [1.54, 1.807) is 0 Å². The fourth-order valence-electron chi connectivity index (χ4n) is 2.32. The molecule has 0 aliphatic rings. The number of non-ortho nitro benzene ring substituents is 1. The van der Waals surface area contributed by atoms with E-state index >= 15 is 0 Å². The number of benzene rings is 2. The van der Waals surface area contributed by atoms with Gasteiger partial charge in [0.05, 0.1) is 22.8 Å². The summed E-state index contributed by atoms with van der Waals surface area (Å²) in [6.07, 6.45) is 0. The Balaban J connectivity index is 2.07. The molecule has 1 amide bonds. The first-order chi connectivity index (χ1) is 14.3. The van der Waals surface area contributed by atoms with E-state index in [2.05, 4.69) is 15.4 Å². The number of para-hydroxylation sites is 2. The van der Waals surface area contributed by atoms with Gasteiger partial charge in [-0.3, -0.25) is 14.9 Å². The van der Waals surface area contributed by atoms with Crippen LogP contribution in [0.4, 0.5) is 25.8 Å². The minimum Gasteiger partial charge on any atom is -0.452 e. The second-order valence-corrected chi connectivity index (χ2v) is 5.64. The van der Waals surface area contributed by atoms with E-state index in [0.29, 0.717) is 0 Å². The quantitative estimate of drug-likeness (QED) is 0.299. The normalized spacial score (nSPS) is 10.4. The number of nitro groups is 1. The molecular weight excluding hydrogens is 408 g/mol. The molecule has 0 unspecified atom stereocenters. The Kier molecular flexibility index (Phi) is 7.99. The number of amides is 1. The first kappa shape index (κ1) is 22.5. The Morgan fingerprint density at radius 1 is 1.17 bits per heavy atom. The molecule has 2 aromatic carbocycles. The zero-order chi connectivity index (χ0) is 22.1. The topological polar surface area (TPSA) is 140 Å². The lowest BCUT2D eigenvalue weighted by molar-refractivity contribution is -0.384. The lowest BCUT2D eigenvalue weighted by Crippen LogP contribution is -2.22. The van der Waals surface area contributed by atoms with Gasteiger partial charge in [-0.2, -0.15) is 8.78 Å². The molecule has 0 aromatic heterocycles. The van der Waals surface area contributed by atoms with Crippen molar-refractivity contribution in [2.24, 2.45) is 0 Å². The van der Waals surface area contributed by atoms with E-state index in [1.165, 1.54) is 30.3 Å². The smallest absolute Gasteiger partial charge is 0.387 e. The van der Waals surface area contributed by atoms with Gasteiger partial charge in [-0.15, -0.1) is 0 Å². The van der Waals surface area contributed by atoms with Crippen LogP contribution in [0.2, 0.25) is 0 Å².